The number of nitrogens with zero attached hydrogens (tertiary/aromatic N) is 1. The molecule has 0 aliphatic heterocycles. The molecule has 3 N–H and O–H groups in total. The van der Waals surface area contributed by atoms with Crippen molar-refractivity contribution in [3.8, 4) is 0 Å². The van der Waals surface area contributed by atoms with Gasteiger partial charge in [-0.15, -0.1) is 0 Å². The van der Waals surface area contributed by atoms with Crippen molar-refractivity contribution in [1.82, 2.24) is 15.4 Å². The number of carbonyl (C=O) groups excluding carboxylic acids is 2. The van der Waals surface area contributed by atoms with Crippen molar-refractivity contribution in [2.24, 2.45) is 0 Å². The summed E-state index contributed by atoms with van der Waals surface area (Å²) >= 11 is 0. The maximum atomic E-state index is 12.0. The van der Waals surface area contributed by atoms with Crippen LogP contribution in [0.15, 0.2) is 30.3 Å². The molecule has 8 nitrogen and oxygen atoms in total. The number of hydrogen-bond donors (Lipinski definition) is 3. The number of hydrogen-bond acceptors (Lipinski definition) is 6. The lowest BCUT2D eigenvalue weighted by Crippen LogP contribution is -2.51. The molecule has 26 heavy (non-hydrogen) atoms. The van der Waals surface area contributed by atoms with Gasteiger partial charge in [0.2, 0.25) is 0 Å². The first kappa shape index (κ1) is 22.2. The van der Waals surface area contributed by atoms with Crippen LogP contribution in [0.25, 0.3) is 0 Å². The van der Waals surface area contributed by atoms with Crippen molar-refractivity contribution in [2.45, 2.75) is 19.5 Å². The SMILES string of the molecule is CB(O)N(C)C[C@H](CNC(=O)P(C)(C)=O)NC(=O)OCc1ccccc1. The molecule has 1 rings (SSSR count). The minimum atomic E-state index is -2.91. The highest BCUT2D eigenvalue weighted by Gasteiger charge is 2.23. The molecule has 0 fully saturated rings. The second-order valence-electron chi connectivity index (χ2n) is 6.51. The Labute approximate surface area is 154 Å². The summed E-state index contributed by atoms with van der Waals surface area (Å²) in [6.07, 6.45) is -0.636. The molecule has 1 aromatic carbocycles. The average molecular weight is 383 g/mol. The third kappa shape index (κ3) is 8.51. The highest BCUT2D eigenvalue weighted by Crippen LogP contribution is 2.36. The fourth-order valence-electron chi connectivity index (χ4n) is 1.99. The molecule has 0 radical (unpaired) electrons. The smallest absolute Gasteiger partial charge is 0.407 e. The molecule has 144 valence electrons. The Bertz CT molecular complexity index is 638. The molecule has 0 saturated heterocycles. The van der Waals surface area contributed by atoms with Gasteiger partial charge in [-0.3, -0.25) is 4.79 Å². The molecule has 0 aliphatic carbocycles. The topological polar surface area (TPSA) is 108 Å². The second kappa shape index (κ2) is 10.4. The molecule has 0 unspecified atom stereocenters. The van der Waals surface area contributed by atoms with E-state index < -0.39 is 32.0 Å². The van der Waals surface area contributed by atoms with E-state index in [1.807, 2.05) is 30.3 Å². The third-order valence-corrected chi connectivity index (χ3v) is 4.81. The van der Waals surface area contributed by atoms with Gasteiger partial charge in [0.25, 0.3) is 5.65 Å². The number of rotatable bonds is 9. The molecule has 0 aliphatic rings. The largest absolute Gasteiger partial charge is 0.445 e. The van der Waals surface area contributed by atoms with Gasteiger partial charge < -0.3 is 29.8 Å². The lowest BCUT2D eigenvalue weighted by atomic mass is 9.85. The maximum Gasteiger partial charge on any atom is 0.407 e. The van der Waals surface area contributed by atoms with Gasteiger partial charge in [0.15, 0.2) is 7.14 Å². The van der Waals surface area contributed by atoms with Gasteiger partial charge in [-0.05, 0) is 32.8 Å². The van der Waals surface area contributed by atoms with E-state index in [1.54, 1.807) is 18.7 Å². The van der Waals surface area contributed by atoms with Crippen LogP contribution in [0.1, 0.15) is 5.56 Å². The number of alkyl carbamates (subject to hydrolysis) is 1. The fourth-order valence-corrected chi connectivity index (χ4v) is 2.47. The van der Waals surface area contributed by atoms with Gasteiger partial charge in [0.1, 0.15) is 6.61 Å². The van der Waals surface area contributed by atoms with Crippen LogP contribution < -0.4 is 10.6 Å². The van der Waals surface area contributed by atoms with E-state index in [4.69, 9.17) is 4.74 Å². The first-order valence-electron chi connectivity index (χ1n) is 8.28. The maximum absolute atomic E-state index is 12.0. The highest BCUT2D eigenvalue weighted by atomic mass is 31.2. The van der Waals surface area contributed by atoms with Gasteiger partial charge in [0.05, 0.1) is 6.04 Å². The molecular formula is C16H27BN3O5P. The van der Waals surface area contributed by atoms with E-state index in [0.29, 0.717) is 0 Å². The first-order chi connectivity index (χ1) is 12.1. The Balaban J connectivity index is 2.60. The Kier molecular flexibility index (Phi) is 8.85. The van der Waals surface area contributed by atoms with E-state index in [-0.39, 0.29) is 19.7 Å². The second-order valence-corrected chi connectivity index (χ2v) is 9.62. The molecule has 0 spiro atoms. The first-order valence-corrected chi connectivity index (χ1v) is 10.9. The van der Waals surface area contributed by atoms with E-state index in [0.717, 1.165) is 5.56 Å². The van der Waals surface area contributed by atoms with Crippen LogP contribution in [0, 0.1) is 0 Å². The van der Waals surface area contributed by atoms with Crippen LogP contribution in [0.2, 0.25) is 6.82 Å². The predicted octanol–water partition coefficient (Wildman–Crippen LogP) is 1.66. The average Bonchev–Trinajstić information content (AvgIpc) is 2.57. The lowest BCUT2D eigenvalue weighted by molar-refractivity contribution is 0.134. The van der Waals surface area contributed by atoms with E-state index in [1.165, 1.54) is 13.3 Å². The molecule has 2 amide bonds. The Hall–Kier alpha value is -1.83. The van der Waals surface area contributed by atoms with Crippen molar-refractivity contribution in [1.29, 1.82) is 0 Å². The quantitative estimate of drug-likeness (QED) is 0.442. The van der Waals surface area contributed by atoms with Crippen LogP contribution in [-0.4, -0.2) is 68.1 Å². The van der Waals surface area contributed by atoms with Crippen LogP contribution in [0.5, 0.6) is 0 Å². The van der Waals surface area contributed by atoms with Crippen LogP contribution in [0.4, 0.5) is 9.59 Å². The minimum absolute atomic E-state index is 0.0714. The summed E-state index contributed by atoms with van der Waals surface area (Å²) in [7, 11) is -1.95. The van der Waals surface area contributed by atoms with Crippen molar-refractivity contribution in [3.05, 3.63) is 35.9 Å². The molecule has 0 heterocycles. The Morgan fingerprint density at radius 2 is 1.92 bits per heavy atom. The number of benzene rings is 1. The van der Waals surface area contributed by atoms with Gasteiger partial charge in [0, 0.05) is 13.1 Å². The van der Waals surface area contributed by atoms with Crippen LogP contribution in [0.3, 0.4) is 0 Å². The monoisotopic (exact) mass is 383 g/mol. The van der Waals surface area contributed by atoms with Crippen LogP contribution in [-0.2, 0) is 15.9 Å². The van der Waals surface area contributed by atoms with Gasteiger partial charge >= 0.3 is 13.1 Å². The summed E-state index contributed by atoms with van der Waals surface area (Å²) in [5.41, 5.74) is 0.299. The molecule has 1 atom stereocenters. The molecule has 0 bridgehead atoms. The summed E-state index contributed by atoms with van der Waals surface area (Å²) in [4.78, 5) is 25.4. The summed E-state index contributed by atoms with van der Waals surface area (Å²) in [6.45, 7) is 4.81. The predicted molar refractivity (Wildman–Crippen MR) is 103 cm³/mol. The summed E-state index contributed by atoms with van der Waals surface area (Å²) in [6, 6.07) is 8.72. The zero-order valence-electron chi connectivity index (χ0n) is 15.6. The number of nitrogens with one attached hydrogen (secondary N) is 2. The number of amides is 2. The molecule has 0 aromatic heterocycles. The number of ether oxygens (including phenoxy) is 1. The third-order valence-electron chi connectivity index (χ3n) is 3.67. The molecule has 1 aromatic rings. The normalized spacial score (nSPS) is 12.4. The van der Waals surface area contributed by atoms with Gasteiger partial charge in [-0.1, -0.05) is 30.3 Å². The molecular weight excluding hydrogens is 356 g/mol. The molecule has 10 heteroatoms. The van der Waals surface area contributed by atoms with E-state index >= 15 is 0 Å². The summed E-state index contributed by atoms with van der Waals surface area (Å²) in [5.74, 6) is 0. The lowest BCUT2D eigenvalue weighted by Gasteiger charge is -2.26. The van der Waals surface area contributed by atoms with Gasteiger partial charge in [-0.25, -0.2) is 4.79 Å². The minimum Gasteiger partial charge on any atom is -0.445 e. The fraction of sp³-hybridized carbons (Fsp3) is 0.500. The van der Waals surface area contributed by atoms with Crippen molar-refractivity contribution in [3.63, 3.8) is 0 Å². The van der Waals surface area contributed by atoms with Gasteiger partial charge in [-0.2, -0.15) is 0 Å². The number of carbonyl (C=O) groups is 2. The van der Waals surface area contributed by atoms with Crippen molar-refractivity contribution >= 4 is 25.9 Å². The zero-order chi connectivity index (χ0) is 19.7. The Morgan fingerprint density at radius 1 is 1.31 bits per heavy atom. The van der Waals surface area contributed by atoms with Crippen LogP contribution >= 0.6 is 7.14 Å². The number of likely N-dealkylation sites (N-methyl/N-ethyl adjacent to an activating group) is 1. The van der Waals surface area contributed by atoms with Crippen molar-refractivity contribution in [2.75, 3.05) is 33.5 Å². The van der Waals surface area contributed by atoms with E-state index in [9.17, 15) is 19.2 Å². The summed E-state index contributed by atoms with van der Waals surface area (Å²) < 4.78 is 16.9. The standard InChI is InChI=1S/C16H27BN3O5P/c1-17(23)20(2)11-14(10-18-16(22)26(3,4)24)19-15(21)25-12-13-8-6-5-7-9-13/h5-9,14,23H,10-12H2,1-4H3,(H,18,22)(H,19,21)/t14-/m0/s1. The Morgan fingerprint density at radius 3 is 2.46 bits per heavy atom. The molecule has 0 saturated carbocycles. The highest BCUT2D eigenvalue weighted by molar-refractivity contribution is 7.78. The van der Waals surface area contributed by atoms with E-state index in [2.05, 4.69) is 10.6 Å². The summed E-state index contributed by atoms with van der Waals surface area (Å²) in [5, 5.41) is 14.8. The zero-order valence-corrected chi connectivity index (χ0v) is 16.5. The van der Waals surface area contributed by atoms with Crippen molar-refractivity contribution < 1.29 is 23.9 Å².